The molecule has 0 rings (SSSR count). The van der Waals surface area contributed by atoms with Crippen molar-refractivity contribution in [2.24, 2.45) is 0 Å². The first kappa shape index (κ1) is 12.9. The number of hydrogen-bond acceptors (Lipinski definition) is 3. The Bertz CT molecular complexity index is 187. The molecule has 3 heteroatoms. The van der Waals surface area contributed by atoms with Crippen LogP contribution in [0.2, 0.25) is 0 Å². The van der Waals surface area contributed by atoms with Gasteiger partial charge in [-0.3, -0.25) is 0 Å². The molecule has 3 nitrogen and oxygen atoms in total. The van der Waals surface area contributed by atoms with E-state index in [-0.39, 0.29) is 12.7 Å². The maximum absolute atomic E-state index is 10.7. The Kier molecular flexibility index (Phi) is 7.84. The van der Waals surface area contributed by atoms with Gasteiger partial charge in [0.2, 0.25) is 0 Å². The number of rotatable bonds is 8. The third-order valence-electron chi connectivity index (χ3n) is 1.58. The summed E-state index contributed by atoms with van der Waals surface area (Å²) in [6, 6.07) is 0. The van der Waals surface area contributed by atoms with Crippen LogP contribution in [0.15, 0.2) is 25.3 Å². The van der Waals surface area contributed by atoms with Gasteiger partial charge in [0.25, 0.3) is 0 Å². The summed E-state index contributed by atoms with van der Waals surface area (Å²) >= 11 is 0. The second-order valence-electron chi connectivity index (χ2n) is 2.95. The van der Waals surface area contributed by atoms with Crippen LogP contribution in [0.4, 0.5) is 0 Å². The minimum absolute atomic E-state index is 0.0660. The fraction of sp³-hybridized carbons (Fsp3) is 0.545. The van der Waals surface area contributed by atoms with Crippen LogP contribution >= 0.6 is 0 Å². The Hall–Kier alpha value is -1.09. The standard InChI is InChI=1S/C11H18O3/c1-4-6-7-8-13-10(3)9-14-11(12)5-2/h4-5,10H,1-2,6-9H2,3H3. The normalized spacial score (nSPS) is 11.8. The molecular formula is C11H18O3. The molecule has 0 N–H and O–H groups in total. The molecule has 1 unspecified atom stereocenters. The summed E-state index contributed by atoms with van der Waals surface area (Å²) in [4.78, 5) is 10.7. The zero-order valence-corrected chi connectivity index (χ0v) is 8.70. The molecule has 14 heavy (non-hydrogen) atoms. The van der Waals surface area contributed by atoms with Crippen molar-refractivity contribution in [3.63, 3.8) is 0 Å². The van der Waals surface area contributed by atoms with Crippen LogP contribution in [0.25, 0.3) is 0 Å². The first-order valence-corrected chi connectivity index (χ1v) is 4.72. The van der Waals surface area contributed by atoms with Gasteiger partial charge in [0, 0.05) is 12.7 Å². The maximum Gasteiger partial charge on any atom is 0.330 e. The third-order valence-corrected chi connectivity index (χ3v) is 1.58. The molecule has 0 amide bonds. The molecule has 0 fully saturated rings. The molecule has 0 aromatic carbocycles. The van der Waals surface area contributed by atoms with Crippen molar-refractivity contribution in [2.45, 2.75) is 25.9 Å². The molecule has 0 aromatic heterocycles. The number of carbonyl (C=O) groups excluding carboxylic acids is 1. The van der Waals surface area contributed by atoms with Crippen LogP contribution in [0.1, 0.15) is 19.8 Å². The van der Waals surface area contributed by atoms with Gasteiger partial charge in [0.15, 0.2) is 0 Å². The summed E-state index contributed by atoms with van der Waals surface area (Å²) in [5.74, 6) is -0.411. The van der Waals surface area contributed by atoms with Crippen molar-refractivity contribution >= 4 is 5.97 Å². The molecule has 0 aliphatic heterocycles. The Morgan fingerprint density at radius 3 is 2.79 bits per heavy atom. The second kappa shape index (κ2) is 8.51. The highest BCUT2D eigenvalue weighted by Gasteiger charge is 2.04. The van der Waals surface area contributed by atoms with E-state index in [1.165, 1.54) is 0 Å². The lowest BCUT2D eigenvalue weighted by molar-refractivity contribution is -0.141. The minimum Gasteiger partial charge on any atom is -0.460 e. The highest BCUT2D eigenvalue weighted by atomic mass is 16.6. The van der Waals surface area contributed by atoms with E-state index in [9.17, 15) is 4.79 Å². The van der Waals surface area contributed by atoms with Gasteiger partial charge in [0.1, 0.15) is 6.61 Å². The zero-order chi connectivity index (χ0) is 10.8. The van der Waals surface area contributed by atoms with Crippen LogP contribution < -0.4 is 0 Å². The molecule has 0 bridgehead atoms. The van der Waals surface area contributed by atoms with Gasteiger partial charge < -0.3 is 9.47 Å². The first-order chi connectivity index (χ1) is 6.70. The monoisotopic (exact) mass is 198 g/mol. The van der Waals surface area contributed by atoms with Gasteiger partial charge in [0.05, 0.1) is 6.10 Å². The molecule has 0 saturated heterocycles. The second-order valence-corrected chi connectivity index (χ2v) is 2.95. The Morgan fingerprint density at radius 1 is 1.50 bits per heavy atom. The lowest BCUT2D eigenvalue weighted by atomic mass is 10.3. The van der Waals surface area contributed by atoms with Crippen LogP contribution in [0.5, 0.6) is 0 Å². The number of ether oxygens (including phenoxy) is 2. The fourth-order valence-corrected chi connectivity index (χ4v) is 0.819. The maximum atomic E-state index is 10.7. The van der Waals surface area contributed by atoms with Crippen molar-refractivity contribution in [1.82, 2.24) is 0 Å². The van der Waals surface area contributed by atoms with E-state index in [4.69, 9.17) is 9.47 Å². The zero-order valence-electron chi connectivity index (χ0n) is 8.70. The van der Waals surface area contributed by atoms with E-state index >= 15 is 0 Å². The van der Waals surface area contributed by atoms with Crippen LogP contribution in [-0.2, 0) is 14.3 Å². The van der Waals surface area contributed by atoms with E-state index in [1.807, 2.05) is 13.0 Å². The Morgan fingerprint density at radius 2 is 2.21 bits per heavy atom. The van der Waals surface area contributed by atoms with Crippen molar-refractivity contribution < 1.29 is 14.3 Å². The minimum atomic E-state index is -0.411. The van der Waals surface area contributed by atoms with Gasteiger partial charge in [-0.15, -0.1) is 6.58 Å². The van der Waals surface area contributed by atoms with E-state index in [2.05, 4.69) is 13.2 Å². The van der Waals surface area contributed by atoms with Crippen molar-refractivity contribution in [3.8, 4) is 0 Å². The SMILES string of the molecule is C=CCCCOC(C)COC(=O)C=C. The van der Waals surface area contributed by atoms with Gasteiger partial charge in [-0.1, -0.05) is 12.7 Å². The highest BCUT2D eigenvalue weighted by molar-refractivity contribution is 5.81. The molecule has 1 atom stereocenters. The summed E-state index contributed by atoms with van der Waals surface area (Å²) in [7, 11) is 0. The predicted molar refractivity (Wildman–Crippen MR) is 56.0 cm³/mol. The number of hydrogen-bond donors (Lipinski definition) is 0. The Labute approximate surface area is 85.4 Å². The summed E-state index contributed by atoms with van der Waals surface area (Å²) in [5, 5.41) is 0. The van der Waals surface area contributed by atoms with Gasteiger partial charge in [-0.25, -0.2) is 4.79 Å². The van der Waals surface area contributed by atoms with Crippen molar-refractivity contribution in [1.29, 1.82) is 0 Å². The van der Waals surface area contributed by atoms with Crippen LogP contribution in [-0.4, -0.2) is 25.3 Å². The highest BCUT2D eigenvalue weighted by Crippen LogP contribution is 1.97. The van der Waals surface area contributed by atoms with Gasteiger partial charge in [-0.05, 0) is 19.8 Å². The number of carbonyl (C=O) groups is 1. The predicted octanol–water partition coefficient (Wildman–Crippen LogP) is 2.09. The van der Waals surface area contributed by atoms with Gasteiger partial charge in [-0.2, -0.15) is 0 Å². The fourth-order valence-electron chi connectivity index (χ4n) is 0.819. The smallest absolute Gasteiger partial charge is 0.330 e. The van der Waals surface area contributed by atoms with Crippen LogP contribution in [0.3, 0.4) is 0 Å². The largest absolute Gasteiger partial charge is 0.460 e. The third kappa shape index (κ3) is 7.55. The number of allylic oxidation sites excluding steroid dienone is 1. The van der Waals surface area contributed by atoms with E-state index < -0.39 is 5.97 Å². The molecule has 0 saturated carbocycles. The van der Waals surface area contributed by atoms with Crippen LogP contribution in [0, 0.1) is 0 Å². The van der Waals surface area contributed by atoms with Crippen molar-refractivity contribution in [3.05, 3.63) is 25.3 Å². The molecule has 0 spiro atoms. The average Bonchev–Trinajstić information content (AvgIpc) is 2.21. The molecule has 0 heterocycles. The molecule has 0 aromatic rings. The Balaban J connectivity index is 3.35. The first-order valence-electron chi connectivity index (χ1n) is 4.72. The lowest BCUT2D eigenvalue weighted by Crippen LogP contribution is -2.18. The number of esters is 1. The lowest BCUT2D eigenvalue weighted by Gasteiger charge is -2.12. The summed E-state index contributed by atoms with van der Waals surface area (Å²) in [6.07, 6.45) is 4.82. The van der Waals surface area contributed by atoms with Gasteiger partial charge >= 0.3 is 5.97 Å². The molecule has 0 aliphatic carbocycles. The molecule has 0 aliphatic rings. The van der Waals surface area contributed by atoms with E-state index in [0.29, 0.717) is 6.61 Å². The molecular weight excluding hydrogens is 180 g/mol. The molecule has 0 radical (unpaired) electrons. The quantitative estimate of drug-likeness (QED) is 0.259. The topological polar surface area (TPSA) is 35.5 Å². The summed E-state index contributed by atoms with van der Waals surface area (Å²) in [6.45, 7) is 9.72. The molecule has 80 valence electrons. The van der Waals surface area contributed by atoms with E-state index in [1.54, 1.807) is 0 Å². The number of unbranched alkanes of at least 4 members (excludes halogenated alkanes) is 1. The summed E-state index contributed by atoms with van der Waals surface area (Å²) < 4.78 is 10.2. The van der Waals surface area contributed by atoms with Crippen molar-refractivity contribution in [2.75, 3.05) is 13.2 Å². The van der Waals surface area contributed by atoms with E-state index in [0.717, 1.165) is 18.9 Å². The summed E-state index contributed by atoms with van der Waals surface area (Å²) in [5.41, 5.74) is 0. The average molecular weight is 198 g/mol.